The third-order valence-corrected chi connectivity index (χ3v) is 4.09. The number of hydrogen-bond acceptors (Lipinski definition) is 4. The SMILES string of the molecule is CN1CCCN(c2ncc(F)cc2CNC2CC2)CC1. The standard InChI is InChI=1S/C15H23FN4/c1-19-5-2-6-20(8-7-19)15-12(9-13(16)11-18-15)10-17-14-3-4-14/h9,11,14,17H,2-8,10H2,1H3. The second kappa shape index (κ2) is 6.06. The summed E-state index contributed by atoms with van der Waals surface area (Å²) in [4.78, 5) is 9.00. The first-order valence-electron chi connectivity index (χ1n) is 7.53. The van der Waals surface area contributed by atoms with Crippen LogP contribution >= 0.6 is 0 Å². The Labute approximate surface area is 120 Å². The first-order chi connectivity index (χ1) is 9.72. The Morgan fingerprint density at radius 2 is 2.15 bits per heavy atom. The van der Waals surface area contributed by atoms with Gasteiger partial charge in [0, 0.05) is 37.8 Å². The predicted octanol–water partition coefficient (Wildman–Crippen LogP) is 1.61. The molecule has 1 aliphatic heterocycles. The van der Waals surface area contributed by atoms with Crippen molar-refractivity contribution in [1.29, 1.82) is 0 Å². The van der Waals surface area contributed by atoms with E-state index in [1.54, 1.807) is 6.07 Å². The van der Waals surface area contributed by atoms with Gasteiger partial charge in [0.15, 0.2) is 0 Å². The molecule has 1 saturated heterocycles. The van der Waals surface area contributed by atoms with Gasteiger partial charge in [-0.1, -0.05) is 0 Å². The monoisotopic (exact) mass is 278 g/mol. The molecule has 2 heterocycles. The molecular formula is C15H23FN4. The second-order valence-electron chi connectivity index (χ2n) is 5.94. The van der Waals surface area contributed by atoms with Gasteiger partial charge in [0.05, 0.1) is 6.20 Å². The Balaban J connectivity index is 1.75. The van der Waals surface area contributed by atoms with Crippen molar-refractivity contribution in [2.45, 2.75) is 31.8 Å². The van der Waals surface area contributed by atoms with Gasteiger partial charge in [0.2, 0.25) is 0 Å². The molecule has 1 aliphatic carbocycles. The maximum absolute atomic E-state index is 13.5. The van der Waals surface area contributed by atoms with Crippen molar-refractivity contribution < 1.29 is 4.39 Å². The minimum Gasteiger partial charge on any atom is -0.355 e. The van der Waals surface area contributed by atoms with E-state index in [4.69, 9.17) is 0 Å². The fraction of sp³-hybridized carbons (Fsp3) is 0.667. The smallest absolute Gasteiger partial charge is 0.141 e. The zero-order valence-corrected chi connectivity index (χ0v) is 12.1. The zero-order valence-electron chi connectivity index (χ0n) is 12.1. The van der Waals surface area contributed by atoms with Crippen LogP contribution in [0.3, 0.4) is 0 Å². The van der Waals surface area contributed by atoms with Crippen molar-refractivity contribution in [3.8, 4) is 0 Å². The quantitative estimate of drug-likeness (QED) is 0.907. The van der Waals surface area contributed by atoms with E-state index >= 15 is 0 Å². The number of aromatic nitrogens is 1. The van der Waals surface area contributed by atoms with Gasteiger partial charge >= 0.3 is 0 Å². The van der Waals surface area contributed by atoms with Crippen molar-refractivity contribution in [1.82, 2.24) is 15.2 Å². The molecule has 1 aromatic rings. The fourth-order valence-corrected chi connectivity index (χ4v) is 2.69. The molecular weight excluding hydrogens is 255 g/mol. The molecule has 4 nitrogen and oxygen atoms in total. The lowest BCUT2D eigenvalue weighted by Gasteiger charge is -2.24. The predicted molar refractivity (Wildman–Crippen MR) is 78.4 cm³/mol. The lowest BCUT2D eigenvalue weighted by Crippen LogP contribution is -2.31. The number of nitrogens with one attached hydrogen (secondary N) is 1. The van der Waals surface area contributed by atoms with E-state index in [1.165, 1.54) is 19.0 Å². The minimum absolute atomic E-state index is 0.242. The zero-order chi connectivity index (χ0) is 13.9. The highest BCUT2D eigenvalue weighted by Crippen LogP contribution is 2.23. The summed E-state index contributed by atoms with van der Waals surface area (Å²) >= 11 is 0. The normalized spacial score (nSPS) is 21.0. The minimum atomic E-state index is -0.242. The molecule has 0 radical (unpaired) electrons. The van der Waals surface area contributed by atoms with Gasteiger partial charge in [-0.2, -0.15) is 0 Å². The Morgan fingerprint density at radius 1 is 1.30 bits per heavy atom. The molecule has 110 valence electrons. The molecule has 0 amide bonds. The molecule has 1 aromatic heterocycles. The van der Waals surface area contributed by atoms with Gasteiger partial charge in [-0.05, 0) is 38.9 Å². The molecule has 0 unspecified atom stereocenters. The van der Waals surface area contributed by atoms with E-state index in [0.29, 0.717) is 6.04 Å². The average molecular weight is 278 g/mol. The van der Waals surface area contributed by atoms with Crippen LogP contribution in [-0.2, 0) is 6.54 Å². The van der Waals surface area contributed by atoms with Gasteiger partial charge < -0.3 is 15.1 Å². The number of likely N-dealkylation sites (N-methyl/N-ethyl adjacent to an activating group) is 1. The van der Waals surface area contributed by atoms with E-state index in [-0.39, 0.29) is 5.82 Å². The molecule has 0 aromatic carbocycles. The second-order valence-corrected chi connectivity index (χ2v) is 5.94. The van der Waals surface area contributed by atoms with Crippen LogP contribution in [0, 0.1) is 5.82 Å². The summed E-state index contributed by atoms with van der Waals surface area (Å²) in [5.74, 6) is 0.711. The molecule has 3 rings (SSSR count). The maximum atomic E-state index is 13.5. The molecule has 2 aliphatic rings. The van der Waals surface area contributed by atoms with Crippen LogP contribution in [0.15, 0.2) is 12.3 Å². The fourth-order valence-electron chi connectivity index (χ4n) is 2.69. The molecule has 5 heteroatoms. The number of nitrogens with zero attached hydrogens (tertiary/aromatic N) is 3. The van der Waals surface area contributed by atoms with Crippen molar-refractivity contribution in [3.05, 3.63) is 23.6 Å². The van der Waals surface area contributed by atoms with Crippen LogP contribution in [-0.4, -0.2) is 49.2 Å². The highest BCUT2D eigenvalue weighted by atomic mass is 19.1. The third kappa shape index (κ3) is 3.46. The van der Waals surface area contributed by atoms with E-state index in [0.717, 1.165) is 50.5 Å². The molecule has 0 atom stereocenters. The van der Waals surface area contributed by atoms with Crippen LogP contribution in [0.4, 0.5) is 10.2 Å². The van der Waals surface area contributed by atoms with Crippen molar-refractivity contribution in [2.75, 3.05) is 38.1 Å². The summed E-state index contributed by atoms with van der Waals surface area (Å²) in [5.41, 5.74) is 0.987. The van der Waals surface area contributed by atoms with E-state index in [1.807, 2.05) is 0 Å². The summed E-state index contributed by atoms with van der Waals surface area (Å²) < 4.78 is 13.5. The van der Waals surface area contributed by atoms with Gasteiger partial charge in [0.25, 0.3) is 0 Å². The number of anilines is 1. The molecule has 20 heavy (non-hydrogen) atoms. The Kier molecular flexibility index (Phi) is 4.17. The molecule has 2 fully saturated rings. The van der Waals surface area contributed by atoms with E-state index in [2.05, 4.69) is 27.1 Å². The summed E-state index contributed by atoms with van der Waals surface area (Å²) in [5, 5.41) is 3.46. The van der Waals surface area contributed by atoms with Gasteiger partial charge in [-0.3, -0.25) is 0 Å². The summed E-state index contributed by atoms with van der Waals surface area (Å²) in [6.45, 7) is 4.84. The number of halogens is 1. The highest BCUT2D eigenvalue weighted by Gasteiger charge is 2.22. The summed E-state index contributed by atoms with van der Waals surface area (Å²) in [7, 11) is 2.15. The van der Waals surface area contributed by atoms with Crippen LogP contribution < -0.4 is 10.2 Å². The largest absolute Gasteiger partial charge is 0.355 e. The van der Waals surface area contributed by atoms with Crippen molar-refractivity contribution in [3.63, 3.8) is 0 Å². The topological polar surface area (TPSA) is 31.4 Å². The lowest BCUT2D eigenvalue weighted by atomic mass is 10.2. The van der Waals surface area contributed by atoms with Gasteiger partial charge in [0.1, 0.15) is 11.6 Å². The Hall–Kier alpha value is -1.20. The molecule has 0 bridgehead atoms. The van der Waals surface area contributed by atoms with Crippen LogP contribution in [0.5, 0.6) is 0 Å². The van der Waals surface area contributed by atoms with E-state index < -0.39 is 0 Å². The number of pyridine rings is 1. The summed E-state index contributed by atoms with van der Waals surface area (Å²) in [6.07, 6.45) is 4.95. The Morgan fingerprint density at radius 3 is 2.95 bits per heavy atom. The molecule has 0 spiro atoms. The highest BCUT2D eigenvalue weighted by molar-refractivity contribution is 5.47. The third-order valence-electron chi connectivity index (χ3n) is 4.09. The first-order valence-corrected chi connectivity index (χ1v) is 7.53. The van der Waals surface area contributed by atoms with E-state index in [9.17, 15) is 4.39 Å². The average Bonchev–Trinajstić information content (AvgIpc) is 3.25. The van der Waals surface area contributed by atoms with Crippen molar-refractivity contribution >= 4 is 5.82 Å². The Bertz CT molecular complexity index is 461. The van der Waals surface area contributed by atoms with Crippen LogP contribution in [0.1, 0.15) is 24.8 Å². The van der Waals surface area contributed by atoms with Gasteiger partial charge in [-0.15, -0.1) is 0 Å². The number of hydrogen-bond donors (Lipinski definition) is 1. The van der Waals surface area contributed by atoms with Crippen molar-refractivity contribution in [2.24, 2.45) is 0 Å². The summed E-state index contributed by atoms with van der Waals surface area (Å²) in [6, 6.07) is 2.26. The number of rotatable bonds is 4. The lowest BCUT2D eigenvalue weighted by molar-refractivity contribution is 0.360. The first kappa shape index (κ1) is 13.8. The molecule has 1 saturated carbocycles. The van der Waals surface area contributed by atoms with Crippen LogP contribution in [0.25, 0.3) is 0 Å². The van der Waals surface area contributed by atoms with Crippen LogP contribution in [0.2, 0.25) is 0 Å². The maximum Gasteiger partial charge on any atom is 0.141 e. The van der Waals surface area contributed by atoms with Gasteiger partial charge in [-0.25, -0.2) is 9.37 Å². The molecule has 1 N–H and O–H groups in total.